The standard InChI is InChI=1S/C31H52N2O11/c1-3-37-8-9-39-12-13-41-16-17-43-20-21-44-19-18-42-15-14-40-11-10-38-7-5-32-27(34)4-6-33-30(35)28-25-22-24(2)26(23-25)29(28)31(33)36/h22,25-26,28-29H,3-21,23H2,1-2H3,(H,32,34). The Morgan fingerprint density at radius 2 is 1.14 bits per heavy atom. The number of likely N-dealkylation sites (tertiary alicyclic amines) is 1. The van der Waals surface area contributed by atoms with Gasteiger partial charge in [0, 0.05) is 26.1 Å². The van der Waals surface area contributed by atoms with E-state index in [2.05, 4.69) is 11.4 Å². The minimum atomic E-state index is -0.226. The van der Waals surface area contributed by atoms with Crippen molar-refractivity contribution in [3.63, 3.8) is 0 Å². The van der Waals surface area contributed by atoms with Crippen LogP contribution in [0.3, 0.4) is 0 Å². The number of allylic oxidation sites excluding steroid dienone is 2. The first-order chi connectivity index (χ1) is 21.5. The van der Waals surface area contributed by atoms with Crippen LogP contribution >= 0.6 is 0 Å². The monoisotopic (exact) mass is 628 g/mol. The molecule has 252 valence electrons. The van der Waals surface area contributed by atoms with Gasteiger partial charge < -0.3 is 43.2 Å². The fraction of sp³-hybridized carbons (Fsp3) is 0.839. The van der Waals surface area contributed by atoms with Crippen molar-refractivity contribution in [2.45, 2.75) is 26.7 Å². The molecule has 0 aromatic carbocycles. The number of hydrogen-bond acceptors (Lipinski definition) is 11. The van der Waals surface area contributed by atoms with E-state index >= 15 is 0 Å². The van der Waals surface area contributed by atoms with Crippen LogP contribution in [0.15, 0.2) is 11.6 Å². The highest BCUT2D eigenvalue weighted by atomic mass is 16.6. The zero-order valence-corrected chi connectivity index (χ0v) is 26.5. The van der Waals surface area contributed by atoms with Crippen molar-refractivity contribution in [3.05, 3.63) is 11.6 Å². The van der Waals surface area contributed by atoms with Gasteiger partial charge in [-0.3, -0.25) is 19.3 Å². The van der Waals surface area contributed by atoms with Crippen molar-refractivity contribution >= 4 is 17.7 Å². The molecule has 44 heavy (non-hydrogen) atoms. The molecular weight excluding hydrogens is 576 g/mol. The topological polar surface area (TPSA) is 140 Å². The number of carbonyl (C=O) groups excluding carboxylic acids is 3. The molecule has 3 rings (SSSR count). The molecule has 0 radical (unpaired) electrons. The Bertz CT molecular complexity index is 887. The Kier molecular flexibility index (Phi) is 18.0. The van der Waals surface area contributed by atoms with Gasteiger partial charge in [-0.1, -0.05) is 11.6 Å². The molecule has 13 nitrogen and oxygen atoms in total. The van der Waals surface area contributed by atoms with Gasteiger partial charge in [-0.15, -0.1) is 0 Å². The largest absolute Gasteiger partial charge is 0.379 e. The van der Waals surface area contributed by atoms with Crippen LogP contribution in [0.4, 0.5) is 0 Å². The third kappa shape index (κ3) is 12.4. The molecule has 13 heteroatoms. The SMILES string of the molecule is CCOCCOCCOCCOCCOCCOCCOCCOCCNC(=O)CCN1C(=O)C2C3C=C(C)C(C3)C2C1=O. The molecule has 1 saturated heterocycles. The molecular formula is C31H52N2O11. The number of fused-ring (bicyclic) bond motifs is 5. The summed E-state index contributed by atoms with van der Waals surface area (Å²) in [7, 11) is 0. The van der Waals surface area contributed by atoms with E-state index in [0.717, 1.165) is 6.42 Å². The van der Waals surface area contributed by atoms with E-state index in [1.165, 1.54) is 10.5 Å². The minimum absolute atomic E-state index is 0.100. The van der Waals surface area contributed by atoms with Crippen LogP contribution in [0.1, 0.15) is 26.7 Å². The van der Waals surface area contributed by atoms with Crippen molar-refractivity contribution < 1.29 is 52.3 Å². The van der Waals surface area contributed by atoms with Crippen LogP contribution in [0.25, 0.3) is 0 Å². The van der Waals surface area contributed by atoms with E-state index in [4.69, 9.17) is 37.9 Å². The number of carbonyl (C=O) groups is 3. The molecule has 1 heterocycles. The molecule has 3 aliphatic rings. The summed E-state index contributed by atoms with van der Waals surface area (Å²) in [4.78, 5) is 39.1. The number of imide groups is 1. The lowest BCUT2D eigenvalue weighted by atomic mass is 9.82. The Balaban J connectivity index is 1.000. The maximum Gasteiger partial charge on any atom is 0.233 e. The van der Waals surface area contributed by atoms with Crippen molar-refractivity contribution in [1.82, 2.24) is 10.2 Å². The maximum atomic E-state index is 12.8. The first kappa shape index (κ1) is 36.5. The van der Waals surface area contributed by atoms with Crippen LogP contribution in [0.5, 0.6) is 0 Å². The van der Waals surface area contributed by atoms with Crippen molar-refractivity contribution in [2.24, 2.45) is 23.7 Å². The molecule has 2 fully saturated rings. The Morgan fingerprint density at radius 3 is 1.61 bits per heavy atom. The Hall–Kier alpha value is -1.97. The van der Waals surface area contributed by atoms with Gasteiger partial charge in [0.2, 0.25) is 17.7 Å². The fourth-order valence-corrected chi connectivity index (χ4v) is 5.80. The summed E-state index contributed by atoms with van der Waals surface area (Å²) in [5.41, 5.74) is 1.22. The zero-order valence-electron chi connectivity index (χ0n) is 26.5. The van der Waals surface area contributed by atoms with E-state index in [9.17, 15) is 14.4 Å². The smallest absolute Gasteiger partial charge is 0.233 e. The summed E-state index contributed by atoms with van der Waals surface area (Å²) in [6, 6.07) is 0. The number of nitrogens with zero attached hydrogens (tertiary/aromatic N) is 1. The predicted octanol–water partition coefficient (Wildman–Crippen LogP) is 0.843. The average molecular weight is 629 g/mol. The lowest BCUT2D eigenvalue weighted by Gasteiger charge is -2.19. The van der Waals surface area contributed by atoms with Crippen LogP contribution < -0.4 is 5.32 Å². The Labute approximate surface area is 261 Å². The van der Waals surface area contributed by atoms with Crippen LogP contribution in [-0.2, 0) is 52.3 Å². The highest BCUT2D eigenvalue weighted by Gasteiger charge is 2.60. The quantitative estimate of drug-likeness (QED) is 0.0749. The molecule has 2 aliphatic carbocycles. The van der Waals surface area contributed by atoms with Crippen LogP contribution in [0, 0.1) is 23.7 Å². The molecule has 2 bridgehead atoms. The molecule has 1 saturated carbocycles. The second kappa shape index (κ2) is 21.7. The minimum Gasteiger partial charge on any atom is -0.379 e. The maximum absolute atomic E-state index is 12.8. The normalized spacial score (nSPS) is 22.2. The van der Waals surface area contributed by atoms with Gasteiger partial charge in [0.25, 0.3) is 0 Å². The summed E-state index contributed by atoms with van der Waals surface area (Å²) in [5.74, 6) is -0.512. The molecule has 1 N–H and O–H groups in total. The number of nitrogens with one attached hydrogen (secondary N) is 1. The fourth-order valence-electron chi connectivity index (χ4n) is 5.80. The number of hydrogen-bond donors (Lipinski definition) is 1. The highest BCUT2D eigenvalue weighted by molar-refractivity contribution is 6.06. The summed E-state index contributed by atoms with van der Waals surface area (Å²) in [5, 5.41) is 2.77. The second-order valence-electron chi connectivity index (χ2n) is 10.9. The first-order valence-corrected chi connectivity index (χ1v) is 16.0. The molecule has 4 atom stereocenters. The molecule has 0 spiro atoms. The lowest BCUT2D eigenvalue weighted by molar-refractivity contribution is -0.141. The van der Waals surface area contributed by atoms with Crippen molar-refractivity contribution in [3.8, 4) is 0 Å². The first-order valence-electron chi connectivity index (χ1n) is 16.0. The third-order valence-electron chi connectivity index (χ3n) is 7.91. The molecule has 1 aliphatic heterocycles. The van der Waals surface area contributed by atoms with Crippen LogP contribution in [0.2, 0.25) is 0 Å². The summed E-state index contributed by atoms with van der Waals surface area (Å²) in [6.45, 7) is 12.5. The summed E-state index contributed by atoms with van der Waals surface area (Å²) >= 11 is 0. The van der Waals surface area contributed by atoms with E-state index in [0.29, 0.717) is 112 Å². The van der Waals surface area contributed by atoms with Gasteiger partial charge in [-0.25, -0.2) is 0 Å². The van der Waals surface area contributed by atoms with Gasteiger partial charge >= 0.3 is 0 Å². The molecule has 4 unspecified atom stereocenters. The van der Waals surface area contributed by atoms with Gasteiger partial charge in [0.05, 0.1) is 111 Å². The molecule has 0 aromatic rings. The predicted molar refractivity (Wildman–Crippen MR) is 159 cm³/mol. The number of ether oxygens (including phenoxy) is 8. The van der Waals surface area contributed by atoms with E-state index < -0.39 is 0 Å². The molecule has 3 amide bonds. The van der Waals surface area contributed by atoms with Crippen LogP contribution in [-0.4, -0.2) is 141 Å². The lowest BCUT2D eigenvalue weighted by Crippen LogP contribution is -2.37. The van der Waals surface area contributed by atoms with E-state index in [1.54, 1.807) is 0 Å². The molecule has 0 aromatic heterocycles. The average Bonchev–Trinajstić information content (AvgIpc) is 3.65. The number of amides is 3. The van der Waals surface area contributed by atoms with Gasteiger partial charge in [0.1, 0.15) is 0 Å². The number of rotatable bonds is 28. The van der Waals surface area contributed by atoms with Gasteiger partial charge in [-0.05, 0) is 32.1 Å². The van der Waals surface area contributed by atoms with Gasteiger partial charge in [-0.2, -0.15) is 0 Å². The van der Waals surface area contributed by atoms with Crippen molar-refractivity contribution in [1.29, 1.82) is 0 Å². The van der Waals surface area contributed by atoms with E-state index in [-0.39, 0.29) is 54.4 Å². The summed E-state index contributed by atoms with van der Waals surface area (Å²) in [6.07, 6.45) is 3.15. The third-order valence-corrected chi connectivity index (χ3v) is 7.91. The van der Waals surface area contributed by atoms with Gasteiger partial charge in [0.15, 0.2) is 0 Å². The highest BCUT2D eigenvalue weighted by Crippen LogP contribution is 2.55. The van der Waals surface area contributed by atoms with E-state index in [1.807, 2.05) is 13.8 Å². The zero-order chi connectivity index (χ0) is 31.4. The Morgan fingerprint density at radius 1 is 0.705 bits per heavy atom. The van der Waals surface area contributed by atoms with Crippen molar-refractivity contribution in [2.75, 3.05) is 119 Å². The second-order valence-corrected chi connectivity index (χ2v) is 10.9. The summed E-state index contributed by atoms with van der Waals surface area (Å²) < 4.78 is 43.2.